The first-order chi connectivity index (χ1) is 10.7. The van der Waals surface area contributed by atoms with Crippen LogP contribution in [0.5, 0.6) is 0 Å². The van der Waals surface area contributed by atoms with Crippen LogP contribution < -0.4 is 0 Å². The van der Waals surface area contributed by atoms with Crippen molar-refractivity contribution >= 4 is 0 Å². The van der Waals surface area contributed by atoms with E-state index in [1.807, 2.05) is 0 Å². The molecule has 2 bridgehead atoms. The Balaban J connectivity index is 1.87. The summed E-state index contributed by atoms with van der Waals surface area (Å²) >= 11 is 0. The number of hydrogen-bond acceptors (Lipinski definition) is 4. The molecule has 4 nitrogen and oxygen atoms in total. The Morgan fingerprint density at radius 3 is 2.57 bits per heavy atom. The Bertz CT molecular complexity index is 560. The lowest BCUT2D eigenvalue weighted by Gasteiger charge is -2.57. The van der Waals surface area contributed by atoms with Crippen LogP contribution in [-0.2, 0) is 19.2 Å². The molecule has 0 aromatic carbocycles. The Kier molecular flexibility index (Phi) is 3.17. The zero-order valence-corrected chi connectivity index (χ0v) is 13.4. The van der Waals surface area contributed by atoms with E-state index < -0.39 is 35.5 Å². The number of halogens is 3. The van der Waals surface area contributed by atoms with Crippen LogP contribution in [0.2, 0.25) is 0 Å². The number of hydrogen-bond donors (Lipinski definition) is 0. The van der Waals surface area contributed by atoms with Gasteiger partial charge in [0.25, 0.3) is 0 Å². The monoisotopic (exact) mass is 334 g/mol. The van der Waals surface area contributed by atoms with Crippen LogP contribution in [0.3, 0.4) is 0 Å². The maximum Gasteiger partial charge on any atom is 0.448 e. The lowest BCUT2D eigenvalue weighted by molar-refractivity contribution is -0.557. The zero-order valence-electron chi connectivity index (χ0n) is 13.4. The average molecular weight is 334 g/mol. The summed E-state index contributed by atoms with van der Waals surface area (Å²) in [4.78, 5) is 11.3. The fourth-order valence-electron chi connectivity index (χ4n) is 4.90. The van der Waals surface area contributed by atoms with Crippen molar-refractivity contribution in [1.29, 1.82) is 0 Å². The predicted molar refractivity (Wildman–Crippen MR) is 72.6 cm³/mol. The van der Waals surface area contributed by atoms with Crippen molar-refractivity contribution < 1.29 is 32.4 Å². The van der Waals surface area contributed by atoms with E-state index in [1.54, 1.807) is 6.92 Å². The molecule has 4 aliphatic heterocycles. The number of alkyl halides is 3. The SMILES string of the molecule is CC1=C(C(F)(F)F)O[C@@H]2OC3(C)CC[C@H]4[C@H](C)CC[C@@H]1C24OO3. The van der Waals surface area contributed by atoms with Crippen molar-refractivity contribution in [3.05, 3.63) is 11.3 Å². The fraction of sp³-hybridized carbons (Fsp3) is 0.875. The van der Waals surface area contributed by atoms with E-state index in [2.05, 4.69) is 6.92 Å². The van der Waals surface area contributed by atoms with E-state index >= 15 is 0 Å². The highest BCUT2D eigenvalue weighted by molar-refractivity contribution is 5.26. The zero-order chi connectivity index (χ0) is 16.6. The summed E-state index contributed by atoms with van der Waals surface area (Å²) in [6, 6.07) is 0. The topological polar surface area (TPSA) is 36.9 Å². The quantitative estimate of drug-likeness (QED) is 0.626. The van der Waals surface area contributed by atoms with Crippen molar-refractivity contribution in [3.8, 4) is 0 Å². The molecule has 0 amide bonds. The first-order valence-corrected chi connectivity index (χ1v) is 8.17. The summed E-state index contributed by atoms with van der Waals surface area (Å²) in [5, 5.41) is 0. The maximum atomic E-state index is 13.4. The largest absolute Gasteiger partial charge is 0.456 e. The lowest BCUT2D eigenvalue weighted by atomic mass is 9.59. The highest BCUT2D eigenvalue weighted by Gasteiger charge is 2.69. The van der Waals surface area contributed by atoms with Crippen molar-refractivity contribution in [2.75, 3.05) is 0 Å². The molecule has 130 valence electrons. The van der Waals surface area contributed by atoms with Gasteiger partial charge in [-0.15, -0.1) is 0 Å². The van der Waals surface area contributed by atoms with E-state index in [1.165, 1.54) is 6.92 Å². The minimum atomic E-state index is -4.53. The maximum absolute atomic E-state index is 13.4. The second kappa shape index (κ2) is 4.64. The molecule has 1 saturated carbocycles. The van der Waals surface area contributed by atoms with Crippen LogP contribution >= 0.6 is 0 Å². The summed E-state index contributed by atoms with van der Waals surface area (Å²) in [6.07, 6.45) is -2.75. The first-order valence-electron chi connectivity index (χ1n) is 8.17. The van der Waals surface area contributed by atoms with Crippen LogP contribution in [0, 0.1) is 17.8 Å². The highest BCUT2D eigenvalue weighted by Crippen LogP contribution is 2.61. The highest BCUT2D eigenvalue weighted by atomic mass is 19.4. The van der Waals surface area contributed by atoms with Crippen LogP contribution in [0.25, 0.3) is 0 Å². The smallest absolute Gasteiger partial charge is 0.448 e. The molecule has 1 spiro atoms. The normalized spacial score (nSPS) is 49.5. The van der Waals surface area contributed by atoms with E-state index in [9.17, 15) is 13.2 Å². The number of rotatable bonds is 0. The van der Waals surface area contributed by atoms with Gasteiger partial charge in [-0.2, -0.15) is 13.2 Å². The van der Waals surface area contributed by atoms with Crippen LogP contribution in [-0.4, -0.2) is 23.9 Å². The first kappa shape index (κ1) is 15.7. The molecule has 0 radical (unpaired) electrons. The van der Waals surface area contributed by atoms with Crippen molar-refractivity contribution in [3.63, 3.8) is 0 Å². The van der Waals surface area contributed by atoms with Gasteiger partial charge in [-0.3, -0.25) is 0 Å². The molecular formula is C16H21F3O4. The fourth-order valence-corrected chi connectivity index (χ4v) is 4.90. The Hall–Kier alpha value is -0.790. The summed E-state index contributed by atoms with van der Waals surface area (Å²) in [6.45, 7) is 5.31. The van der Waals surface area contributed by atoms with Gasteiger partial charge in [-0.25, -0.2) is 9.78 Å². The molecule has 4 heterocycles. The molecule has 5 rings (SSSR count). The number of allylic oxidation sites excluding steroid dienone is 1. The van der Waals surface area contributed by atoms with Gasteiger partial charge in [0.15, 0.2) is 5.60 Å². The summed E-state index contributed by atoms with van der Waals surface area (Å²) in [5.74, 6) is -2.00. The molecule has 0 aromatic rings. The molecule has 3 saturated heterocycles. The van der Waals surface area contributed by atoms with Gasteiger partial charge >= 0.3 is 6.18 Å². The van der Waals surface area contributed by atoms with Crippen molar-refractivity contribution in [2.24, 2.45) is 17.8 Å². The molecule has 2 unspecified atom stereocenters. The molecule has 4 fully saturated rings. The Morgan fingerprint density at radius 1 is 1.13 bits per heavy atom. The molecule has 6 atom stereocenters. The minimum absolute atomic E-state index is 0.0558. The Labute approximate surface area is 132 Å². The van der Waals surface area contributed by atoms with E-state index in [0.717, 1.165) is 12.8 Å². The van der Waals surface area contributed by atoms with Crippen LogP contribution in [0.1, 0.15) is 46.5 Å². The van der Waals surface area contributed by atoms with Gasteiger partial charge in [0, 0.05) is 18.3 Å². The summed E-state index contributed by atoms with van der Waals surface area (Å²) in [7, 11) is 0. The van der Waals surface area contributed by atoms with Gasteiger partial charge in [0.2, 0.25) is 17.8 Å². The van der Waals surface area contributed by atoms with Gasteiger partial charge in [0.05, 0.1) is 0 Å². The molecule has 7 heteroatoms. The van der Waals surface area contributed by atoms with Gasteiger partial charge in [0.1, 0.15) is 0 Å². The molecule has 5 aliphatic rings. The molecule has 0 aromatic heterocycles. The molecule has 23 heavy (non-hydrogen) atoms. The van der Waals surface area contributed by atoms with E-state index in [4.69, 9.17) is 19.2 Å². The van der Waals surface area contributed by atoms with Crippen molar-refractivity contribution in [1.82, 2.24) is 0 Å². The van der Waals surface area contributed by atoms with Crippen LogP contribution in [0.15, 0.2) is 11.3 Å². The third-order valence-electron chi connectivity index (χ3n) is 6.08. The molecule has 1 aliphatic carbocycles. The van der Waals surface area contributed by atoms with Gasteiger partial charge < -0.3 is 9.47 Å². The van der Waals surface area contributed by atoms with Gasteiger partial charge in [-0.1, -0.05) is 6.92 Å². The van der Waals surface area contributed by atoms with E-state index in [0.29, 0.717) is 18.8 Å². The number of ether oxygens (including phenoxy) is 2. The second-order valence-corrected chi connectivity index (χ2v) is 7.48. The molecular weight excluding hydrogens is 313 g/mol. The van der Waals surface area contributed by atoms with Crippen LogP contribution in [0.4, 0.5) is 13.2 Å². The average Bonchev–Trinajstić information content (AvgIpc) is 2.68. The third-order valence-corrected chi connectivity index (χ3v) is 6.08. The lowest BCUT2D eigenvalue weighted by Crippen LogP contribution is -2.67. The number of fused-ring (bicyclic) bond motifs is 2. The predicted octanol–water partition coefficient (Wildman–Crippen LogP) is 4.07. The second-order valence-electron chi connectivity index (χ2n) is 7.48. The molecule has 0 N–H and O–H groups in total. The van der Waals surface area contributed by atoms with Crippen molar-refractivity contribution in [2.45, 2.75) is 70.3 Å². The summed E-state index contributed by atoms with van der Waals surface area (Å²) in [5.41, 5.74) is -0.782. The third kappa shape index (κ3) is 2.02. The Morgan fingerprint density at radius 2 is 1.87 bits per heavy atom. The van der Waals surface area contributed by atoms with E-state index in [-0.39, 0.29) is 11.5 Å². The minimum Gasteiger partial charge on any atom is -0.456 e. The summed E-state index contributed by atoms with van der Waals surface area (Å²) < 4.78 is 51.3. The standard InChI is InChI=1S/C16H21F3O4/c1-8-4-5-11-9(2)12(16(17,18)19)20-13-15(11)10(8)6-7-14(3,21-13)22-23-15/h8,10-11,13H,4-7H2,1-3H3/t8-,10+,11+,13-,14?,15?/m1/s1. The van der Waals surface area contributed by atoms with Gasteiger partial charge in [-0.05, 0) is 44.6 Å².